The van der Waals surface area contributed by atoms with E-state index in [4.69, 9.17) is 5.11 Å². The number of hydrogen-bond acceptors (Lipinski definition) is 4. The maximum atomic E-state index is 10.4. The van der Waals surface area contributed by atoms with E-state index in [1.165, 1.54) is 6.20 Å². The predicted molar refractivity (Wildman–Crippen MR) is 49.9 cm³/mol. The van der Waals surface area contributed by atoms with Crippen molar-refractivity contribution in [1.82, 2.24) is 9.55 Å². The molecule has 1 N–H and O–H groups in total. The minimum Gasteiger partial charge on any atom is -0.396 e. The van der Waals surface area contributed by atoms with Gasteiger partial charge in [-0.2, -0.15) is 0 Å². The summed E-state index contributed by atoms with van der Waals surface area (Å²) in [6, 6.07) is 0. The van der Waals surface area contributed by atoms with Gasteiger partial charge in [-0.1, -0.05) is 6.92 Å². The molecule has 14 heavy (non-hydrogen) atoms. The van der Waals surface area contributed by atoms with Crippen LogP contribution >= 0.6 is 0 Å². The fourth-order valence-corrected chi connectivity index (χ4v) is 1.16. The van der Waals surface area contributed by atoms with E-state index in [0.29, 0.717) is 12.4 Å². The van der Waals surface area contributed by atoms with Crippen molar-refractivity contribution in [3.8, 4) is 0 Å². The van der Waals surface area contributed by atoms with Crippen molar-refractivity contribution in [3.05, 3.63) is 22.1 Å². The summed E-state index contributed by atoms with van der Waals surface area (Å²) in [6.07, 6.45) is 1.39. The van der Waals surface area contributed by atoms with E-state index in [0.717, 1.165) is 0 Å². The first-order chi connectivity index (χ1) is 6.54. The Kier molecular flexibility index (Phi) is 3.19. The zero-order chi connectivity index (χ0) is 10.7. The summed E-state index contributed by atoms with van der Waals surface area (Å²) < 4.78 is 1.68. The fraction of sp³-hybridized carbons (Fsp3) is 0.625. The van der Waals surface area contributed by atoms with Crippen LogP contribution in [0, 0.1) is 23.0 Å². The van der Waals surface area contributed by atoms with Crippen molar-refractivity contribution in [2.45, 2.75) is 20.4 Å². The molecule has 6 nitrogen and oxygen atoms in total. The molecule has 1 atom stereocenters. The molecule has 0 aromatic carbocycles. The number of aliphatic hydroxyl groups is 1. The van der Waals surface area contributed by atoms with Gasteiger partial charge in [0.1, 0.15) is 6.20 Å². The highest BCUT2D eigenvalue weighted by Gasteiger charge is 2.15. The lowest BCUT2D eigenvalue weighted by Gasteiger charge is -2.07. The smallest absolute Gasteiger partial charge is 0.381 e. The van der Waals surface area contributed by atoms with Crippen LogP contribution < -0.4 is 0 Å². The van der Waals surface area contributed by atoms with Crippen LogP contribution in [-0.2, 0) is 6.54 Å². The van der Waals surface area contributed by atoms with Crippen LogP contribution in [0.15, 0.2) is 6.20 Å². The van der Waals surface area contributed by atoms with Crippen molar-refractivity contribution in [2.75, 3.05) is 6.61 Å². The second kappa shape index (κ2) is 4.19. The Morgan fingerprint density at radius 1 is 1.79 bits per heavy atom. The number of nitrogens with zero attached hydrogens (tertiary/aromatic N) is 3. The van der Waals surface area contributed by atoms with Crippen LogP contribution in [0.1, 0.15) is 12.7 Å². The molecule has 78 valence electrons. The number of imidazole rings is 1. The monoisotopic (exact) mass is 199 g/mol. The summed E-state index contributed by atoms with van der Waals surface area (Å²) >= 11 is 0. The maximum absolute atomic E-state index is 10.4. The molecule has 0 aliphatic rings. The summed E-state index contributed by atoms with van der Waals surface area (Å²) in [7, 11) is 0. The summed E-state index contributed by atoms with van der Waals surface area (Å²) in [5, 5.41) is 19.2. The maximum Gasteiger partial charge on any atom is 0.381 e. The zero-order valence-corrected chi connectivity index (χ0v) is 8.17. The Labute approximate surface area is 81.3 Å². The minimum atomic E-state index is -0.521. The van der Waals surface area contributed by atoms with Gasteiger partial charge in [0.05, 0.1) is 0 Å². The Balaban J connectivity index is 2.82. The van der Waals surface area contributed by atoms with Gasteiger partial charge in [0, 0.05) is 20.1 Å². The lowest BCUT2D eigenvalue weighted by Crippen LogP contribution is -2.11. The first-order valence-corrected chi connectivity index (χ1v) is 4.33. The molecule has 6 heteroatoms. The van der Waals surface area contributed by atoms with Crippen LogP contribution in [0.4, 0.5) is 5.82 Å². The minimum absolute atomic E-state index is 0.0609. The number of aromatic nitrogens is 2. The van der Waals surface area contributed by atoms with Gasteiger partial charge in [0.15, 0.2) is 0 Å². The van der Waals surface area contributed by atoms with Crippen molar-refractivity contribution in [2.24, 2.45) is 5.92 Å². The number of hydrogen-bond donors (Lipinski definition) is 1. The van der Waals surface area contributed by atoms with Crippen LogP contribution in [-0.4, -0.2) is 26.2 Å². The van der Waals surface area contributed by atoms with Gasteiger partial charge < -0.3 is 19.8 Å². The second-order valence-corrected chi connectivity index (χ2v) is 3.34. The van der Waals surface area contributed by atoms with E-state index in [9.17, 15) is 10.1 Å². The highest BCUT2D eigenvalue weighted by Crippen LogP contribution is 2.12. The van der Waals surface area contributed by atoms with Gasteiger partial charge in [-0.3, -0.25) is 0 Å². The lowest BCUT2D eigenvalue weighted by molar-refractivity contribution is -0.389. The summed E-state index contributed by atoms with van der Waals surface area (Å²) in [6.45, 7) is 4.18. The molecule has 0 aliphatic heterocycles. The molecule has 0 saturated carbocycles. The van der Waals surface area contributed by atoms with Crippen molar-refractivity contribution < 1.29 is 10.0 Å². The third kappa shape index (κ3) is 2.29. The molecule has 0 radical (unpaired) electrons. The van der Waals surface area contributed by atoms with Gasteiger partial charge in [0.25, 0.3) is 0 Å². The van der Waals surface area contributed by atoms with Crippen molar-refractivity contribution in [3.63, 3.8) is 0 Å². The second-order valence-electron chi connectivity index (χ2n) is 3.34. The fourth-order valence-electron chi connectivity index (χ4n) is 1.16. The highest BCUT2D eigenvalue weighted by molar-refractivity contribution is 5.16. The molecule has 1 rings (SSSR count). The van der Waals surface area contributed by atoms with E-state index >= 15 is 0 Å². The van der Waals surface area contributed by atoms with E-state index in [2.05, 4.69) is 4.98 Å². The van der Waals surface area contributed by atoms with Crippen LogP contribution in [0.2, 0.25) is 0 Å². The van der Waals surface area contributed by atoms with Crippen LogP contribution in [0.3, 0.4) is 0 Å². The molecule has 0 saturated heterocycles. The zero-order valence-electron chi connectivity index (χ0n) is 8.17. The molecular weight excluding hydrogens is 186 g/mol. The molecule has 0 spiro atoms. The molecule has 1 aromatic heterocycles. The number of rotatable bonds is 4. The summed E-state index contributed by atoms with van der Waals surface area (Å²) in [4.78, 5) is 13.7. The first-order valence-electron chi connectivity index (χ1n) is 4.33. The molecule has 1 aromatic rings. The highest BCUT2D eigenvalue weighted by atomic mass is 16.6. The average Bonchev–Trinajstić information content (AvgIpc) is 2.48. The van der Waals surface area contributed by atoms with Gasteiger partial charge in [-0.25, -0.2) is 0 Å². The third-order valence-corrected chi connectivity index (χ3v) is 1.97. The summed E-state index contributed by atoms with van der Waals surface area (Å²) in [5.74, 6) is 0.521. The normalized spacial score (nSPS) is 12.8. The SMILES string of the molecule is Cc1nc([N+](=O)[O-])cn1C[C@H](C)CO. The number of aliphatic hydroxyl groups excluding tert-OH is 1. The van der Waals surface area contributed by atoms with Crippen LogP contribution in [0.5, 0.6) is 0 Å². The first kappa shape index (κ1) is 10.6. The van der Waals surface area contributed by atoms with Crippen molar-refractivity contribution in [1.29, 1.82) is 0 Å². The lowest BCUT2D eigenvalue weighted by atomic mass is 10.2. The topological polar surface area (TPSA) is 81.2 Å². The Morgan fingerprint density at radius 3 is 2.86 bits per heavy atom. The molecule has 0 bridgehead atoms. The third-order valence-electron chi connectivity index (χ3n) is 1.97. The van der Waals surface area contributed by atoms with Gasteiger partial charge >= 0.3 is 5.82 Å². The quantitative estimate of drug-likeness (QED) is 0.572. The number of nitro groups is 1. The molecule has 0 fully saturated rings. The molecule has 0 amide bonds. The molecule has 1 heterocycles. The largest absolute Gasteiger partial charge is 0.396 e. The van der Waals surface area contributed by atoms with E-state index in [1.807, 2.05) is 6.92 Å². The Hall–Kier alpha value is -1.43. The van der Waals surface area contributed by atoms with Crippen molar-refractivity contribution >= 4 is 5.82 Å². The molecular formula is C8H13N3O3. The van der Waals surface area contributed by atoms with E-state index in [-0.39, 0.29) is 18.3 Å². The Morgan fingerprint density at radius 2 is 2.43 bits per heavy atom. The van der Waals surface area contributed by atoms with Gasteiger partial charge in [-0.15, -0.1) is 0 Å². The van der Waals surface area contributed by atoms with E-state index < -0.39 is 4.92 Å². The predicted octanol–water partition coefficient (Wildman–Crippen LogP) is 0.728. The average molecular weight is 199 g/mol. The Bertz CT molecular complexity index is 335. The molecule has 0 aliphatic carbocycles. The van der Waals surface area contributed by atoms with Crippen LogP contribution in [0.25, 0.3) is 0 Å². The standard InChI is InChI=1S/C8H13N3O3/c1-6(5-12)3-10-4-8(11(13)14)9-7(10)2/h4,6,12H,3,5H2,1-2H3/t6-/m0/s1. The van der Waals surface area contributed by atoms with E-state index in [1.54, 1.807) is 11.5 Å². The van der Waals surface area contributed by atoms with Gasteiger partial charge in [-0.05, 0) is 15.8 Å². The summed E-state index contributed by atoms with van der Waals surface area (Å²) in [5.41, 5.74) is 0. The molecule has 0 unspecified atom stereocenters. The van der Waals surface area contributed by atoms with Gasteiger partial charge in [0.2, 0.25) is 5.82 Å². The number of aryl methyl sites for hydroxylation is 1.